The number of nitriles is 1. The van der Waals surface area contributed by atoms with E-state index in [1.165, 1.54) is 6.33 Å². The van der Waals surface area contributed by atoms with E-state index < -0.39 is 5.92 Å². The molecular formula is C22H17Cl2N7. The second-order valence-electron chi connectivity index (χ2n) is 6.86. The molecule has 1 atom stereocenters. The van der Waals surface area contributed by atoms with E-state index in [-0.39, 0.29) is 0 Å². The van der Waals surface area contributed by atoms with Crippen molar-refractivity contribution in [2.24, 2.45) is 0 Å². The molecule has 0 radical (unpaired) electrons. The number of anilines is 3. The van der Waals surface area contributed by atoms with E-state index in [1.807, 2.05) is 25.1 Å². The van der Waals surface area contributed by atoms with Gasteiger partial charge in [-0.2, -0.15) is 5.26 Å². The second kappa shape index (κ2) is 8.64. The minimum absolute atomic E-state index is 0.371. The zero-order valence-electron chi connectivity index (χ0n) is 16.4. The van der Waals surface area contributed by atoms with Crippen LogP contribution >= 0.6 is 23.2 Å². The van der Waals surface area contributed by atoms with Gasteiger partial charge in [-0.3, -0.25) is 4.57 Å². The summed E-state index contributed by atoms with van der Waals surface area (Å²) in [5, 5.41) is 14.1. The van der Waals surface area contributed by atoms with Crippen molar-refractivity contribution >= 4 is 40.4 Å². The van der Waals surface area contributed by atoms with E-state index in [1.54, 1.807) is 41.5 Å². The van der Waals surface area contributed by atoms with Crippen LogP contribution in [0, 0.1) is 18.3 Å². The van der Waals surface area contributed by atoms with E-state index in [2.05, 4.69) is 26.3 Å². The van der Waals surface area contributed by atoms with Gasteiger partial charge in [-0.25, -0.2) is 15.0 Å². The number of hydrogen-bond acceptors (Lipinski definition) is 6. The summed E-state index contributed by atoms with van der Waals surface area (Å²) in [6.45, 7) is 1.92. The molecule has 7 nitrogen and oxygen atoms in total. The van der Waals surface area contributed by atoms with Crippen LogP contribution in [-0.4, -0.2) is 19.5 Å². The van der Waals surface area contributed by atoms with Gasteiger partial charge in [-0.15, -0.1) is 0 Å². The maximum absolute atomic E-state index is 9.78. The van der Waals surface area contributed by atoms with Crippen molar-refractivity contribution in [3.63, 3.8) is 0 Å². The highest BCUT2D eigenvalue weighted by molar-refractivity contribution is 6.32. The average Bonchev–Trinajstić information content (AvgIpc) is 3.29. The van der Waals surface area contributed by atoms with Crippen LogP contribution < -0.4 is 11.1 Å². The van der Waals surface area contributed by atoms with Gasteiger partial charge in [-0.05, 0) is 41.8 Å². The fourth-order valence-corrected chi connectivity index (χ4v) is 3.64. The van der Waals surface area contributed by atoms with Crippen molar-refractivity contribution in [2.75, 3.05) is 11.1 Å². The molecule has 0 aliphatic heterocycles. The van der Waals surface area contributed by atoms with Crippen LogP contribution in [0.4, 0.5) is 17.2 Å². The SMILES string of the molecule is Cc1cc(C(C#N)c2ccc(Cl)cc2)c(Cl)cc1Nc1ncnc(-n2ccnc2)c1N. The molecule has 0 fully saturated rings. The van der Waals surface area contributed by atoms with Gasteiger partial charge in [0.1, 0.15) is 18.3 Å². The largest absolute Gasteiger partial charge is 0.393 e. The zero-order valence-corrected chi connectivity index (χ0v) is 17.9. The van der Waals surface area contributed by atoms with Crippen LogP contribution in [0.15, 0.2) is 61.4 Å². The molecule has 0 saturated heterocycles. The zero-order chi connectivity index (χ0) is 22.0. The summed E-state index contributed by atoms with van der Waals surface area (Å²) < 4.78 is 1.70. The van der Waals surface area contributed by atoms with Gasteiger partial charge in [0.15, 0.2) is 11.6 Å². The van der Waals surface area contributed by atoms with Crippen LogP contribution in [-0.2, 0) is 0 Å². The molecule has 2 aromatic carbocycles. The van der Waals surface area contributed by atoms with Crippen LogP contribution in [0.1, 0.15) is 22.6 Å². The quantitative estimate of drug-likeness (QED) is 0.430. The highest BCUT2D eigenvalue weighted by atomic mass is 35.5. The normalized spacial score (nSPS) is 11.7. The first-order chi connectivity index (χ1) is 15.0. The summed E-state index contributed by atoms with van der Waals surface area (Å²) in [6.07, 6.45) is 6.42. The van der Waals surface area contributed by atoms with Gasteiger partial charge >= 0.3 is 0 Å². The Morgan fingerprint density at radius 2 is 1.94 bits per heavy atom. The average molecular weight is 450 g/mol. The number of nitrogens with one attached hydrogen (secondary N) is 1. The van der Waals surface area contributed by atoms with Crippen molar-refractivity contribution in [3.05, 3.63) is 88.2 Å². The number of nitrogens with zero attached hydrogens (tertiary/aromatic N) is 5. The van der Waals surface area contributed by atoms with Gasteiger partial charge in [-0.1, -0.05) is 41.4 Å². The molecule has 4 rings (SSSR count). The molecule has 31 heavy (non-hydrogen) atoms. The molecule has 2 heterocycles. The van der Waals surface area contributed by atoms with Gasteiger partial charge in [0, 0.05) is 28.1 Å². The van der Waals surface area contributed by atoms with E-state index in [4.69, 9.17) is 28.9 Å². The Morgan fingerprint density at radius 3 is 2.61 bits per heavy atom. The Morgan fingerprint density at radius 1 is 1.16 bits per heavy atom. The number of rotatable bonds is 5. The van der Waals surface area contributed by atoms with Crippen LogP contribution in [0.5, 0.6) is 0 Å². The fraction of sp³-hybridized carbons (Fsp3) is 0.0909. The molecule has 1 unspecified atom stereocenters. The lowest BCUT2D eigenvalue weighted by Crippen LogP contribution is -2.07. The predicted molar refractivity (Wildman–Crippen MR) is 122 cm³/mol. The molecule has 4 aromatic rings. The lowest BCUT2D eigenvalue weighted by Gasteiger charge is -2.17. The first kappa shape index (κ1) is 20.7. The summed E-state index contributed by atoms with van der Waals surface area (Å²) in [6, 6.07) is 13.2. The number of aryl methyl sites for hydroxylation is 1. The highest BCUT2D eigenvalue weighted by Gasteiger charge is 2.19. The maximum atomic E-state index is 9.78. The van der Waals surface area contributed by atoms with Crippen LogP contribution in [0.25, 0.3) is 5.82 Å². The van der Waals surface area contributed by atoms with E-state index in [0.717, 1.165) is 16.8 Å². The second-order valence-corrected chi connectivity index (χ2v) is 7.70. The third-order valence-electron chi connectivity index (χ3n) is 4.85. The summed E-state index contributed by atoms with van der Waals surface area (Å²) in [5.41, 5.74) is 9.79. The van der Waals surface area contributed by atoms with E-state index in [9.17, 15) is 5.26 Å². The predicted octanol–water partition coefficient (Wildman–Crippen LogP) is 5.26. The van der Waals surface area contributed by atoms with Crippen LogP contribution in [0.3, 0.4) is 0 Å². The fourth-order valence-electron chi connectivity index (χ4n) is 3.24. The topological polar surface area (TPSA) is 105 Å². The van der Waals surface area contributed by atoms with E-state index >= 15 is 0 Å². The summed E-state index contributed by atoms with van der Waals surface area (Å²) in [4.78, 5) is 12.5. The minimum atomic E-state index is -0.519. The Labute approximate surface area is 189 Å². The summed E-state index contributed by atoms with van der Waals surface area (Å²) in [7, 11) is 0. The minimum Gasteiger partial charge on any atom is -0.393 e. The maximum Gasteiger partial charge on any atom is 0.166 e. The van der Waals surface area contributed by atoms with Crippen molar-refractivity contribution in [1.29, 1.82) is 5.26 Å². The number of halogens is 2. The number of imidazole rings is 1. The molecule has 0 amide bonds. The molecule has 2 aromatic heterocycles. The Hall–Kier alpha value is -3.60. The van der Waals surface area contributed by atoms with Crippen molar-refractivity contribution in [1.82, 2.24) is 19.5 Å². The number of benzene rings is 2. The molecular weight excluding hydrogens is 433 g/mol. The molecule has 0 aliphatic rings. The molecule has 0 aliphatic carbocycles. The van der Waals surface area contributed by atoms with Gasteiger partial charge in [0.2, 0.25) is 0 Å². The number of aromatic nitrogens is 4. The number of hydrogen-bond donors (Lipinski definition) is 2. The monoisotopic (exact) mass is 449 g/mol. The Kier molecular flexibility index (Phi) is 5.76. The molecule has 3 N–H and O–H groups in total. The molecule has 0 spiro atoms. The first-order valence-corrected chi connectivity index (χ1v) is 10.0. The van der Waals surface area contributed by atoms with Gasteiger partial charge in [0.05, 0.1) is 12.0 Å². The lowest BCUT2D eigenvalue weighted by atomic mass is 9.91. The third-order valence-corrected chi connectivity index (χ3v) is 5.43. The number of nitrogens with two attached hydrogens (primary N) is 1. The molecule has 0 bridgehead atoms. The molecule has 9 heteroatoms. The lowest BCUT2D eigenvalue weighted by molar-refractivity contribution is 0.977. The number of nitrogen functional groups attached to an aromatic ring is 1. The van der Waals surface area contributed by atoms with Gasteiger partial charge in [0.25, 0.3) is 0 Å². The van der Waals surface area contributed by atoms with Crippen molar-refractivity contribution in [3.8, 4) is 11.9 Å². The summed E-state index contributed by atoms with van der Waals surface area (Å²) in [5.74, 6) is 0.442. The Bertz CT molecular complexity index is 1260. The van der Waals surface area contributed by atoms with Crippen LogP contribution in [0.2, 0.25) is 10.0 Å². The smallest absolute Gasteiger partial charge is 0.166 e. The molecule has 154 valence electrons. The molecule has 0 saturated carbocycles. The van der Waals surface area contributed by atoms with E-state index in [0.29, 0.717) is 32.9 Å². The summed E-state index contributed by atoms with van der Waals surface area (Å²) >= 11 is 12.6. The Balaban J connectivity index is 1.68. The van der Waals surface area contributed by atoms with Crippen molar-refractivity contribution < 1.29 is 0 Å². The third kappa shape index (κ3) is 4.17. The van der Waals surface area contributed by atoms with Crippen molar-refractivity contribution in [2.45, 2.75) is 12.8 Å². The van der Waals surface area contributed by atoms with Gasteiger partial charge < -0.3 is 11.1 Å². The first-order valence-electron chi connectivity index (χ1n) is 9.29. The highest BCUT2D eigenvalue weighted by Crippen LogP contribution is 2.36. The standard InChI is InChI=1S/C22H17Cl2N7/c1-13-8-16(17(10-25)14-2-4-15(23)5-3-14)18(24)9-19(13)30-21-20(26)22(29-11-28-21)31-7-6-27-12-31/h2-9,11-12,17H,26H2,1H3,(H,28,29,30).